The molecule has 2 aromatic carbocycles. The molecule has 1 heterocycles. The van der Waals surface area contributed by atoms with Gasteiger partial charge in [-0.05, 0) is 42.8 Å². The smallest absolute Gasteiger partial charge is 0.342 e. The fourth-order valence-corrected chi connectivity index (χ4v) is 2.18. The highest BCUT2D eigenvalue weighted by atomic mass is 16.7. The molecule has 0 fully saturated rings. The Morgan fingerprint density at radius 3 is 2.70 bits per heavy atom. The number of rotatable bonds is 4. The van der Waals surface area contributed by atoms with Gasteiger partial charge in [0.1, 0.15) is 11.3 Å². The van der Waals surface area contributed by atoms with E-state index in [9.17, 15) is 14.7 Å². The predicted molar refractivity (Wildman–Crippen MR) is 80.0 cm³/mol. The van der Waals surface area contributed by atoms with Crippen molar-refractivity contribution < 1.29 is 28.9 Å². The number of carbonyl (C=O) groups is 2. The first-order chi connectivity index (χ1) is 11.0. The van der Waals surface area contributed by atoms with Gasteiger partial charge >= 0.3 is 5.97 Å². The Morgan fingerprint density at radius 1 is 1.13 bits per heavy atom. The van der Waals surface area contributed by atoms with Crippen molar-refractivity contribution >= 4 is 11.8 Å². The summed E-state index contributed by atoms with van der Waals surface area (Å²) in [5, 5.41) is 9.73. The Morgan fingerprint density at radius 2 is 1.91 bits per heavy atom. The van der Waals surface area contributed by atoms with Crippen LogP contribution in [0.15, 0.2) is 36.4 Å². The molecule has 2 aromatic rings. The van der Waals surface area contributed by atoms with Crippen molar-refractivity contribution in [1.82, 2.24) is 0 Å². The molecule has 0 saturated carbocycles. The second-order valence-corrected chi connectivity index (χ2v) is 5.09. The minimum absolute atomic E-state index is 0.0223. The number of esters is 1. The average molecular weight is 314 g/mol. The molecule has 0 atom stereocenters. The van der Waals surface area contributed by atoms with Gasteiger partial charge in [0.15, 0.2) is 23.9 Å². The van der Waals surface area contributed by atoms with Crippen LogP contribution in [0.4, 0.5) is 0 Å². The summed E-state index contributed by atoms with van der Waals surface area (Å²) >= 11 is 0. The fraction of sp³-hybridized carbons (Fsp3) is 0.176. The number of carbonyl (C=O) groups excluding carboxylic acids is 2. The van der Waals surface area contributed by atoms with E-state index in [1.165, 1.54) is 12.1 Å². The summed E-state index contributed by atoms with van der Waals surface area (Å²) in [6, 6.07) is 9.34. The van der Waals surface area contributed by atoms with Crippen LogP contribution >= 0.6 is 0 Å². The van der Waals surface area contributed by atoms with Crippen molar-refractivity contribution in [3.63, 3.8) is 0 Å². The highest BCUT2D eigenvalue weighted by molar-refractivity contribution is 6.00. The van der Waals surface area contributed by atoms with Crippen molar-refractivity contribution in [3.8, 4) is 17.2 Å². The number of hydrogen-bond donors (Lipinski definition) is 1. The maximum atomic E-state index is 12.1. The summed E-state index contributed by atoms with van der Waals surface area (Å²) in [6.07, 6.45) is 0. The molecule has 0 aromatic heterocycles. The van der Waals surface area contributed by atoms with Crippen molar-refractivity contribution in [3.05, 3.63) is 53.1 Å². The quantitative estimate of drug-likeness (QED) is 0.689. The Kier molecular flexibility index (Phi) is 3.89. The van der Waals surface area contributed by atoms with Gasteiger partial charge in [-0.1, -0.05) is 6.07 Å². The summed E-state index contributed by atoms with van der Waals surface area (Å²) in [6.45, 7) is 1.48. The summed E-state index contributed by atoms with van der Waals surface area (Å²) in [4.78, 5) is 24.0. The number of aromatic hydroxyl groups is 1. The minimum atomic E-state index is -0.753. The van der Waals surface area contributed by atoms with Crippen LogP contribution in [-0.2, 0) is 4.74 Å². The van der Waals surface area contributed by atoms with E-state index >= 15 is 0 Å². The van der Waals surface area contributed by atoms with E-state index < -0.39 is 12.6 Å². The SMILES string of the molecule is Cc1ccc(C(=O)OCC(=O)c2ccc3c(c2)OCO3)c(O)c1. The van der Waals surface area contributed by atoms with E-state index in [1.54, 1.807) is 31.2 Å². The molecule has 0 aliphatic carbocycles. The van der Waals surface area contributed by atoms with Crippen molar-refractivity contribution in [2.45, 2.75) is 6.92 Å². The van der Waals surface area contributed by atoms with Gasteiger partial charge in [-0.2, -0.15) is 0 Å². The van der Waals surface area contributed by atoms with Crippen molar-refractivity contribution in [1.29, 1.82) is 0 Å². The van der Waals surface area contributed by atoms with E-state index in [4.69, 9.17) is 14.2 Å². The largest absolute Gasteiger partial charge is 0.507 e. The molecule has 23 heavy (non-hydrogen) atoms. The third kappa shape index (κ3) is 3.11. The van der Waals surface area contributed by atoms with E-state index in [0.717, 1.165) is 5.56 Å². The van der Waals surface area contributed by atoms with Crippen LogP contribution in [0.1, 0.15) is 26.3 Å². The lowest BCUT2D eigenvalue weighted by Crippen LogP contribution is -2.14. The number of ketones is 1. The molecule has 0 saturated heterocycles. The molecule has 6 nitrogen and oxygen atoms in total. The summed E-state index contributed by atoms with van der Waals surface area (Å²) in [7, 11) is 0. The lowest BCUT2D eigenvalue weighted by molar-refractivity contribution is 0.0472. The minimum Gasteiger partial charge on any atom is -0.507 e. The molecular weight excluding hydrogens is 300 g/mol. The second kappa shape index (κ2) is 6.00. The number of ether oxygens (including phenoxy) is 3. The van der Waals surface area contributed by atoms with Crippen molar-refractivity contribution in [2.75, 3.05) is 13.4 Å². The zero-order valence-corrected chi connectivity index (χ0v) is 12.4. The number of fused-ring (bicyclic) bond motifs is 1. The second-order valence-electron chi connectivity index (χ2n) is 5.09. The summed E-state index contributed by atoms with van der Waals surface area (Å²) < 4.78 is 15.3. The number of phenolic OH excluding ortho intramolecular Hbond substituents is 1. The van der Waals surface area contributed by atoms with E-state index in [2.05, 4.69) is 0 Å². The average Bonchev–Trinajstić information content (AvgIpc) is 2.99. The van der Waals surface area contributed by atoms with Crippen LogP contribution in [0, 0.1) is 6.92 Å². The first kappa shape index (κ1) is 14.9. The molecule has 0 amide bonds. The first-order valence-corrected chi connectivity index (χ1v) is 6.94. The van der Waals surface area contributed by atoms with Crippen LogP contribution in [0.25, 0.3) is 0 Å². The number of Topliss-reactive ketones (excluding diaryl/α,β-unsaturated/α-hetero) is 1. The molecule has 1 aliphatic rings. The maximum absolute atomic E-state index is 12.1. The van der Waals surface area contributed by atoms with Crippen LogP contribution in [-0.4, -0.2) is 30.3 Å². The number of phenols is 1. The topological polar surface area (TPSA) is 82.1 Å². The number of benzene rings is 2. The van der Waals surface area contributed by atoms with E-state index in [0.29, 0.717) is 17.1 Å². The van der Waals surface area contributed by atoms with Crippen molar-refractivity contribution in [2.24, 2.45) is 0 Å². The monoisotopic (exact) mass is 314 g/mol. The molecule has 6 heteroatoms. The summed E-state index contributed by atoms with van der Waals surface area (Å²) in [5.74, 6) is -0.244. The Balaban J connectivity index is 1.65. The molecule has 0 radical (unpaired) electrons. The molecule has 118 valence electrons. The Hall–Kier alpha value is -3.02. The van der Waals surface area contributed by atoms with Gasteiger partial charge < -0.3 is 19.3 Å². The lowest BCUT2D eigenvalue weighted by Gasteiger charge is -2.07. The van der Waals surface area contributed by atoms with E-state index in [1.807, 2.05) is 0 Å². The van der Waals surface area contributed by atoms with Gasteiger partial charge in [0.2, 0.25) is 6.79 Å². The van der Waals surface area contributed by atoms with Gasteiger partial charge in [0.05, 0.1) is 0 Å². The van der Waals surface area contributed by atoms with E-state index in [-0.39, 0.29) is 23.9 Å². The van der Waals surface area contributed by atoms with Crippen LogP contribution < -0.4 is 9.47 Å². The van der Waals surface area contributed by atoms with Gasteiger partial charge in [-0.3, -0.25) is 4.79 Å². The zero-order chi connectivity index (χ0) is 16.4. The van der Waals surface area contributed by atoms with Gasteiger partial charge in [-0.25, -0.2) is 4.79 Å². The van der Waals surface area contributed by atoms with Crippen LogP contribution in [0.5, 0.6) is 17.2 Å². The van der Waals surface area contributed by atoms with Crippen LogP contribution in [0.2, 0.25) is 0 Å². The number of hydrogen-bond acceptors (Lipinski definition) is 6. The normalized spacial score (nSPS) is 12.0. The lowest BCUT2D eigenvalue weighted by atomic mass is 10.1. The molecule has 3 rings (SSSR count). The van der Waals surface area contributed by atoms with Crippen LogP contribution in [0.3, 0.4) is 0 Å². The standard InChI is InChI=1S/C17H14O6/c1-10-2-4-12(13(18)6-10)17(20)21-8-14(19)11-3-5-15-16(7-11)23-9-22-15/h2-7,18H,8-9H2,1H3. The van der Waals surface area contributed by atoms with Gasteiger partial charge in [0, 0.05) is 5.56 Å². The third-order valence-corrected chi connectivity index (χ3v) is 3.40. The molecule has 0 bridgehead atoms. The molecule has 1 N–H and O–H groups in total. The third-order valence-electron chi connectivity index (χ3n) is 3.40. The Labute approximate surface area is 132 Å². The molecule has 0 unspecified atom stereocenters. The Bertz CT molecular complexity index is 781. The highest BCUT2D eigenvalue weighted by Gasteiger charge is 2.18. The van der Waals surface area contributed by atoms with Gasteiger partial charge in [0.25, 0.3) is 0 Å². The first-order valence-electron chi connectivity index (χ1n) is 6.94. The predicted octanol–water partition coefficient (Wildman–Crippen LogP) is 2.47. The van der Waals surface area contributed by atoms with Gasteiger partial charge in [-0.15, -0.1) is 0 Å². The molecule has 0 spiro atoms. The molecular formula is C17H14O6. The summed E-state index contributed by atoms with van der Waals surface area (Å²) in [5.41, 5.74) is 1.19. The maximum Gasteiger partial charge on any atom is 0.342 e. The number of aryl methyl sites for hydroxylation is 1. The zero-order valence-electron chi connectivity index (χ0n) is 12.4. The fourth-order valence-electron chi connectivity index (χ4n) is 2.18. The highest BCUT2D eigenvalue weighted by Crippen LogP contribution is 2.32. The molecule has 1 aliphatic heterocycles.